The molecule has 0 radical (unpaired) electrons. The lowest BCUT2D eigenvalue weighted by atomic mass is 10.1. The molecule has 1 unspecified atom stereocenters. The molecule has 90 valence electrons. The van der Waals surface area contributed by atoms with Crippen molar-refractivity contribution in [1.29, 1.82) is 0 Å². The van der Waals surface area contributed by atoms with Gasteiger partial charge in [0.05, 0.1) is 11.7 Å². The number of rotatable bonds is 3. The summed E-state index contributed by atoms with van der Waals surface area (Å²) < 4.78 is 5.15. The molecule has 5 nitrogen and oxygen atoms in total. The summed E-state index contributed by atoms with van der Waals surface area (Å²) in [4.78, 5) is 8.48. The predicted molar refractivity (Wildman–Crippen MR) is 64.8 cm³/mol. The first kappa shape index (κ1) is 11.6. The Kier molecular flexibility index (Phi) is 3.08. The van der Waals surface area contributed by atoms with Gasteiger partial charge in [-0.2, -0.15) is 0 Å². The lowest BCUT2D eigenvalue weighted by Crippen LogP contribution is -2.11. The summed E-state index contributed by atoms with van der Waals surface area (Å²) in [5.74, 6) is 1.45. The summed E-state index contributed by atoms with van der Waals surface area (Å²) in [7, 11) is 0. The lowest BCUT2D eigenvalue weighted by Gasteiger charge is -2.13. The van der Waals surface area contributed by atoms with Crippen molar-refractivity contribution in [2.24, 2.45) is 0 Å². The van der Waals surface area contributed by atoms with Crippen LogP contribution in [0.1, 0.15) is 35.7 Å². The molecule has 0 aromatic carbocycles. The molecule has 0 bridgehead atoms. The highest BCUT2D eigenvalue weighted by molar-refractivity contribution is 5.34. The number of anilines is 1. The first-order chi connectivity index (χ1) is 8.08. The third-order valence-electron chi connectivity index (χ3n) is 2.66. The minimum Gasteiger partial charge on any atom is -0.361 e. The van der Waals surface area contributed by atoms with E-state index in [1.165, 1.54) is 0 Å². The Morgan fingerprint density at radius 2 is 2.06 bits per heavy atom. The van der Waals surface area contributed by atoms with Crippen LogP contribution in [0.4, 0.5) is 5.95 Å². The minimum absolute atomic E-state index is 0.0723. The van der Waals surface area contributed by atoms with Crippen LogP contribution in [0.3, 0.4) is 0 Å². The Bertz CT molecular complexity index is 501. The van der Waals surface area contributed by atoms with Crippen molar-refractivity contribution in [3.05, 3.63) is 35.0 Å². The normalized spacial score (nSPS) is 12.5. The summed E-state index contributed by atoms with van der Waals surface area (Å²) in [5.41, 5.74) is 2.90. The summed E-state index contributed by atoms with van der Waals surface area (Å²) in [6, 6.07) is 1.94. The molecule has 0 amide bonds. The molecule has 2 rings (SSSR count). The first-order valence-corrected chi connectivity index (χ1v) is 5.57. The lowest BCUT2D eigenvalue weighted by molar-refractivity contribution is 0.392. The molecule has 0 aliphatic carbocycles. The number of nitrogens with one attached hydrogen (secondary N) is 1. The topological polar surface area (TPSA) is 63.8 Å². The van der Waals surface area contributed by atoms with Crippen LogP contribution >= 0.6 is 0 Å². The molecular formula is C12H16N4O. The van der Waals surface area contributed by atoms with Gasteiger partial charge in [0.1, 0.15) is 5.76 Å². The molecule has 1 atom stereocenters. The standard InChI is InChI=1S/C12H16N4O/c1-7-5-6-13-12(14-7)15-8(2)11-9(3)16-17-10(11)4/h5-6,8H,1-4H3,(H,13,14,15). The maximum Gasteiger partial charge on any atom is 0.223 e. The second-order valence-corrected chi connectivity index (χ2v) is 4.13. The van der Waals surface area contributed by atoms with Crippen LogP contribution in [0, 0.1) is 20.8 Å². The third-order valence-corrected chi connectivity index (χ3v) is 2.66. The van der Waals surface area contributed by atoms with E-state index in [0.717, 1.165) is 22.7 Å². The van der Waals surface area contributed by atoms with Gasteiger partial charge in [-0.15, -0.1) is 0 Å². The number of aryl methyl sites for hydroxylation is 3. The Morgan fingerprint density at radius 3 is 2.65 bits per heavy atom. The number of hydrogen-bond donors (Lipinski definition) is 1. The van der Waals surface area contributed by atoms with E-state index in [1.54, 1.807) is 6.20 Å². The van der Waals surface area contributed by atoms with E-state index in [4.69, 9.17) is 4.52 Å². The van der Waals surface area contributed by atoms with Gasteiger partial charge in [0, 0.05) is 17.5 Å². The van der Waals surface area contributed by atoms with Gasteiger partial charge in [0.15, 0.2) is 0 Å². The maximum atomic E-state index is 5.15. The molecule has 0 saturated carbocycles. The van der Waals surface area contributed by atoms with Crippen molar-refractivity contribution in [2.75, 3.05) is 5.32 Å². The highest BCUT2D eigenvalue weighted by Crippen LogP contribution is 2.23. The van der Waals surface area contributed by atoms with Gasteiger partial charge >= 0.3 is 0 Å². The van der Waals surface area contributed by atoms with Gasteiger partial charge in [0.2, 0.25) is 5.95 Å². The summed E-state index contributed by atoms with van der Waals surface area (Å²) >= 11 is 0. The zero-order valence-electron chi connectivity index (χ0n) is 10.5. The second kappa shape index (κ2) is 4.53. The molecule has 17 heavy (non-hydrogen) atoms. The molecule has 0 aliphatic heterocycles. The van der Waals surface area contributed by atoms with Gasteiger partial charge < -0.3 is 9.84 Å². The van der Waals surface area contributed by atoms with Crippen molar-refractivity contribution >= 4 is 5.95 Å². The zero-order chi connectivity index (χ0) is 12.4. The monoisotopic (exact) mass is 232 g/mol. The Hall–Kier alpha value is -1.91. The van der Waals surface area contributed by atoms with E-state index in [2.05, 4.69) is 20.4 Å². The quantitative estimate of drug-likeness (QED) is 0.881. The smallest absolute Gasteiger partial charge is 0.223 e. The molecular weight excluding hydrogens is 216 g/mol. The second-order valence-electron chi connectivity index (χ2n) is 4.13. The molecule has 0 aliphatic rings. The largest absolute Gasteiger partial charge is 0.361 e. The van der Waals surface area contributed by atoms with E-state index >= 15 is 0 Å². The van der Waals surface area contributed by atoms with Crippen molar-refractivity contribution in [3.8, 4) is 0 Å². The summed E-state index contributed by atoms with van der Waals surface area (Å²) in [6.45, 7) is 7.82. The number of hydrogen-bond acceptors (Lipinski definition) is 5. The molecule has 5 heteroatoms. The minimum atomic E-state index is 0.0723. The average molecular weight is 232 g/mol. The highest BCUT2D eigenvalue weighted by Gasteiger charge is 2.16. The highest BCUT2D eigenvalue weighted by atomic mass is 16.5. The van der Waals surface area contributed by atoms with Crippen LogP contribution in [-0.2, 0) is 0 Å². The predicted octanol–water partition coefficient (Wildman–Crippen LogP) is 2.56. The summed E-state index contributed by atoms with van der Waals surface area (Å²) in [5, 5.41) is 7.19. The van der Waals surface area contributed by atoms with Gasteiger partial charge in [0.25, 0.3) is 0 Å². The Balaban J connectivity index is 2.20. The fraction of sp³-hybridized carbons (Fsp3) is 0.417. The first-order valence-electron chi connectivity index (χ1n) is 5.57. The van der Waals surface area contributed by atoms with E-state index in [0.29, 0.717) is 5.95 Å². The zero-order valence-corrected chi connectivity index (χ0v) is 10.5. The third kappa shape index (κ3) is 2.43. The molecule has 0 fully saturated rings. The van der Waals surface area contributed by atoms with Crippen LogP contribution < -0.4 is 5.32 Å². The molecule has 2 aromatic rings. The van der Waals surface area contributed by atoms with Gasteiger partial charge in [-0.05, 0) is 33.8 Å². The van der Waals surface area contributed by atoms with E-state index in [9.17, 15) is 0 Å². The van der Waals surface area contributed by atoms with Crippen molar-refractivity contribution in [3.63, 3.8) is 0 Å². The Labute approximate surface area is 100 Å². The van der Waals surface area contributed by atoms with E-state index < -0.39 is 0 Å². The number of aromatic nitrogens is 3. The fourth-order valence-electron chi connectivity index (χ4n) is 1.89. The average Bonchev–Trinajstić information content (AvgIpc) is 2.58. The molecule has 0 spiro atoms. The van der Waals surface area contributed by atoms with Gasteiger partial charge in [-0.25, -0.2) is 9.97 Å². The van der Waals surface area contributed by atoms with E-state index in [-0.39, 0.29) is 6.04 Å². The number of nitrogens with zero attached hydrogens (tertiary/aromatic N) is 3. The van der Waals surface area contributed by atoms with Crippen molar-refractivity contribution in [1.82, 2.24) is 15.1 Å². The molecule has 0 saturated heterocycles. The van der Waals surface area contributed by atoms with Crippen LogP contribution in [-0.4, -0.2) is 15.1 Å². The molecule has 2 heterocycles. The summed E-state index contributed by atoms with van der Waals surface area (Å²) in [6.07, 6.45) is 1.74. The van der Waals surface area contributed by atoms with Gasteiger partial charge in [-0.3, -0.25) is 0 Å². The van der Waals surface area contributed by atoms with Crippen LogP contribution in [0.2, 0.25) is 0 Å². The van der Waals surface area contributed by atoms with Gasteiger partial charge in [-0.1, -0.05) is 5.16 Å². The fourth-order valence-corrected chi connectivity index (χ4v) is 1.89. The van der Waals surface area contributed by atoms with Crippen molar-refractivity contribution < 1.29 is 4.52 Å². The van der Waals surface area contributed by atoms with Crippen LogP contribution in [0.5, 0.6) is 0 Å². The van der Waals surface area contributed by atoms with Crippen molar-refractivity contribution in [2.45, 2.75) is 33.7 Å². The molecule has 2 aromatic heterocycles. The Morgan fingerprint density at radius 1 is 1.29 bits per heavy atom. The SMILES string of the molecule is Cc1ccnc(NC(C)c2c(C)noc2C)n1. The molecule has 1 N–H and O–H groups in total. The maximum absolute atomic E-state index is 5.15. The van der Waals surface area contributed by atoms with Crippen LogP contribution in [0.15, 0.2) is 16.8 Å². The van der Waals surface area contributed by atoms with E-state index in [1.807, 2.05) is 33.8 Å². The van der Waals surface area contributed by atoms with Crippen LogP contribution in [0.25, 0.3) is 0 Å².